The second kappa shape index (κ2) is 9.07. The van der Waals surface area contributed by atoms with Crippen molar-refractivity contribution in [3.63, 3.8) is 0 Å². The number of rotatable bonds is 5. The number of anilines is 1. The molecule has 1 aliphatic rings. The first-order valence-electron chi connectivity index (χ1n) is 11.1. The number of aromatic nitrogens is 1. The van der Waals surface area contributed by atoms with Crippen molar-refractivity contribution in [2.45, 2.75) is 19.0 Å². The Balaban J connectivity index is 1.36. The molecule has 0 bridgehead atoms. The van der Waals surface area contributed by atoms with E-state index in [4.69, 9.17) is 14.0 Å². The maximum absolute atomic E-state index is 13.3. The number of ether oxygens (including phenoxy) is 2. The molecule has 184 valence electrons. The van der Waals surface area contributed by atoms with Gasteiger partial charge in [-0.3, -0.25) is 4.79 Å². The smallest absolute Gasteiger partial charge is 0.419 e. The molecule has 0 fully saturated rings. The van der Waals surface area contributed by atoms with Gasteiger partial charge in [0.2, 0.25) is 0 Å². The lowest BCUT2D eigenvalue weighted by Gasteiger charge is -2.16. The molecule has 9 heteroatoms. The van der Waals surface area contributed by atoms with Crippen LogP contribution in [0.25, 0.3) is 22.6 Å². The van der Waals surface area contributed by atoms with Gasteiger partial charge in [0.25, 0.3) is 5.91 Å². The Labute approximate surface area is 204 Å². The number of benzene rings is 3. The molecule has 0 saturated carbocycles. The van der Waals surface area contributed by atoms with Crippen LogP contribution < -0.4 is 14.8 Å². The lowest BCUT2D eigenvalue weighted by Crippen LogP contribution is -2.14. The van der Waals surface area contributed by atoms with Gasteiger partial charge in [0.05, 0.1) is 19.8 Å². The number of hydrogen-bond donors (Lipinski definition) is 1. The Hall–Kier alpha value is -4.27. The fourth-order valence-corrected chi connectivity index (χ4v) is 4.35. The zero-order valence-corrected chi connectivity index (χ0v) is 19.4. The Bertz CT molecular complexity index is 1440. The van der Waals surface area contributed by atoms with Gasteiger partial charge >= 0.3 is 6.18 Å². The summed E-state index contributed by atoms with van der Waals surface area (Å²) in [6, 6.07) is 15.9. The number of aryl methyl sites for hydroxylation is 1. The van der Waals surface area contributed by atoms with Crippen molar-refractivity contribution in [3.8, 4) is 34.1 Å². The number of carbonyl (C=O) groups excluding carboxylic acids is 1. The average molecular weight is 494 g/mol. The van der Waals surface area contributed by atoms with E-state index in [2.05, 4.69) is 10.5 Å². The van der Waals surface area contributed by atoms with Crippen LogP contribution in [0.1, 0.15) is 27.0 Å². The molecule has 1 amide bonds. The molecule has 0 spiro atoms. The van der Waals surface area contributed by atoms with Gasteiger partial charge in [0.1, 0.15) is 17.2 Å². The highest BCUT2D eigenvalue weighted by Crippen LogP contribution is 2.40. The number of carbonyl (C=O) groups is 1. The van der Waals surface area contributed by atoms with Gasteiger partial charge in [0.15, 0.2) is 5.76 Å². The molecule has 1 aliphatic carbocycles. The van der Waals surface area contributed by atoms with Gasteiger partial charge < -0.3 is 19.3 Å². The molecule has 6 nitrogen and oxygen atoms in total. The normalized spacial score (nSPS) is 12.5. The van der Waals surface area contributed by atoms with Crippen molar-refractivity contribution in [1.82, 2.24) is 5.16 Å². The van der Waals surface area contributed by atoms with Crippen LogP contribution in [0.5, 0.6) is 11.5 Å². The van der Waals surface area contributed by atoms with Crippen molar-refractivity contribution >= 4 is 11.6 Å². The summed E-state index contributed by atoms with van der Waals surface area (Å²) >= 11 is 0. The predicted octanol–water partition coefficient (Wildman–Crippen LogP) is 6.40. The molecule has 5 rings (SSSR count). The Morgan fingerprint density at radius 2 is 1.75 bits per heavy atom. The number of fused-ring (bicyclic) bond motifs is 3. The maximum Gasteiger partial charge on any atom is 0.419 e. The molecule has 0 atom stereocenters. The van der Waals surface area contributed by atoms with Gasteiger partial charge in [-0.1, -0.05) is 5.16 Å². The largest absolute Gasteiger partial charge is 0.497 e. The maximum atomic E-state index is 13.3. The number of nitrogens with zero attached hydrogens (tertiary/aromatic N) is 1. The highest BCUT2D eigenvalue weighted by Gasteiger charge is 2.35. The highest BCUT2D eigenvalue weighted by molar-refractivity contribution is 6.04. The zero-order chi connectivity index (χ0) is 25.4. The first-order valence-corrected chi connectivity index (χ1v) is 11.1. The first-order chi connectivity index (χ1) is 17.3. The number of amides is 1. The van der Waals surface area contributed by atoms with E-state index >= 15 is 0 Å². The lowest BCUT2D eigenvalue weighted by atomic mass is 9.88. The van der Waals surface area contributed by atoms with E-state index in [9.17, 15) is 18.0 Å². The van der Waals surface area contributed by atoms with Crippen molar-refractivity contribution < 1.29 is 32.0 Å². The second-order valence-electron chi connectivity index (χ2n) is 8.31. The molecule has 4 aromatic rings. The van der Waals surface area contributed by atoms with Crippen LogP contribution >= 0.6 is 0 Å². The molecular weight excluding hydrogens is 473 g/mol. The van der Waals surface area contributed by atoms with Crippen LogP contribution in [0.3, 0.4) is 0 Å². The minimum Gasteiger partial charge on any atom is -0.497 e. The summed E-state index contributed by atoms with van der Waals surface area (Å²) < 4.78 is 55.6. The Morgan fingerprint density at radius 3 is 2.44 bits per heavy atom. The summed E-state index contributed by atoms with van der Waals surface area (Å²) in [6.07, 6.45) is -3.07. The summed E-state index contributed by atoms with van der Waals surface area (Å²) in [5, 5.41) is 6.92. The zero-order valence-electron chi connectivity index (χ0n) is 19.4. The number of halogens is 3. The van der Waals surface area contributed by atoms with E-state index in [1.807, 2.05) is 18.2 Å². The molecule has 3 aromatic carbocycles. The molecule has 0 radical (unpaired) electrons. The first kappa shape index (κ1) is 23.5. The fraction of sp³-hybridized carbons (Fsp3) is 0.185. The van der Waals surface area contributed by atoms with Gasteiger partial charge in [-0.15, -0.1) is 0 Å². The SMILES string of the molecule is COc1ccc2c(c1)CCc1c-2noc1-c1ccc(NC(=O)c2ccc(OC)c(C(F)(F)F)c2)cc1. The summed E-state index contributed by atoms with van der Waals surface area (Å²) in [5.41, 5.74) is 4.02. The number of hydrogen-bond acceptors (Lipinski definition) is 5. The molecule has 0 unspecified atom stereocenters. The lowest BCUT2D eigenvalue weighted by molar-refractivity contribution is -0.138. The minimum absolute atomic E-state index is 0.133. The topological polar surface area (TPSA) is 73.6 Å². The second-order valence-corrected chi connectivity index (χ2v) is 8.31. The summed E-state index contributed by atoms with van der Waals surface area (Å²) in [4.78, 5) is 12.6. The Kier molecular flexibility index (Phi) is 5.91. The standard InChI is InChI=1S/C27H21F3N2O4/c1-34-19-9-11-20-16(13-19)5-10-21-24(20)32-36-25(21)15-3-7-18(8-4-15)31-26(33)17-6-12-23(35-2)22(14-17)27(28,29)30/h3-4,6-9,11-14H,5,10H2,1-2H3,(H,31,33). The van der Waals surface area contributed by atoms with Gasteiger partial charge in [0, 0.05) is 27.9 Å². The van der Waals surface area contributed by atoms with Gasteiger partial charge in [-0.05, 0) is 79.1 Å². The van der Waals surface area contributed by atoms with Gasteiger partial charge in [-0.25, -0.2) is 0 Å². The molecule has 1 N–H and O–H groups in total. The Morgan fingerprint density at radius 1 is 0.972 bits per heavy atom. The van der Waals surface area contributed by atoms with Crippen molar-refractivity contribution in [3.05, 3.63) is 82.9 Å². The van der Waals surface area contributed by atoms with E-state index in [0.29, 0.717) is 11.4 Å². The van der Waals surface area contributed by atoms with Crippen molar-refractivity contribution in [1.29, 1.82) is 0 Å². The van der Waals surface area contributed by atoms with Crippen molar-refractivity contribution in [2.24, 2.45) is 0 Å². The summed E-state index contributed by atoms with van der Waals surface area (Å²) in [5.74, 6) is 0.428. The molecule has 0 saturated heterocycles. The molecule has 36 heavy (non-hydrogen) atoms. The van der Waals surface area contributed by atoms with E-state index in [0.717, 1.165) is 65.8 Å². The predicted molar refractivity (Wildman–Crippen MR) is 127 cm³/mol. The van der Waals surface area contributed by atoms with Crippen LogP contribution in [0.4, 0.5) is 18.9 Å². The minimum atomic E-state index is -4.65. The van der Waals surface area contributed by atoms with Crippen LogP contribution in [0.2, 0.25) is 0 Å². The molecule has 0 aliphatic heterocycles. The van der Waals surface area contributed by atoms with Crippen LogP contribution in [-0.2, 0) is 19.0 Å². The third-order valence-electron chi connectivity index (χ3n) is 6.17. The highest BCUT2D eigenvalue weighted by atomic mass is 19.4. The molecule has 1 aromatic heterocycles. The number of nitrogens with one attached hydrogen (secondary N) is 1. The fourth-order valence-electron chi connectivity index (χ4n) is 4.35. The number of alkyl halides is 3. The van der Waals surface area contributed by atoms with E-state index in [-0.39, 0.29) is 11.3 Å². The summed E-state index contributed by atoms with van der Waals surface area (Å²) in [7, 11) is 2.78. The monoisotopic (exact) mass is 494 g/mol. The van der Waals surface area contributed by atoms with Crippen LogP contribution in [-0.4, -0.2) is 25.3 Å². The number of methoxy groups -OCH3 is 2. The van der Waals surface area contributed by atoms with E-state index in [1.165, 1.54) is 6.07 Å². The molecular formula is C27H21F3N2O4. The van der Waals surface area contributed by atoms with E-state index < -0.39 is 17.6 Å². The van der Waals surface area contributed by atoms with Crippen molar-refractivity contribution in [2.75, 3.05) is 19.5 Å². The third kappa shape index (κ3) is 4.28. The third-order valence-corrected chi connectivity index (χ3v) is 6.17. The summed E-state index contributed by atoms with van der Waals surface area (Å²) in [6.45, 7) is 0. The molecule has 1 heterocycles. The van der Waals surface area contributed by atoms with E-state index in [1.54, 1.807) is 31.4 Å². The van der Waals surface area contributed by atoms with Gasteiger partial charge in [-0.2, -0.15) is 13.2 Å². The van der Waals surface area contributed by atoms with Crippen LogP contribution in [0.15, 0.2) is 65.2 Å². The van der Waals surface area contributed by atoms with Crippen LogP contribution in [0, 0.1) is 0 Å². The average Bonchev–Trinajstić information content (AvgIpc) is 3.32. The quantitative estimate of drug-likeness (QED) is 0.348.